The van der Waals surface area contributed by atoms with Crippen molar-refractivity contribution in [3.8, 4) is 0 Å². The van der Waals surface area contributed by atoms with Crippen LogP contribution in [-0.4, -0.2) is 51.7 Å². The Kier molecular flexibility index (Phi) is 5.24. The van der Waals surface area contributed by atoms with E-state index < -0.39 is 10.0 Å². The van der Waals surface area contributed by atoms with E-state index in [1.807, 2.05) is 0 Å². The predicted octanol–water partition coefficient (Wildman–Crippen LogP) is 1.19. The number of anilines is 1. The molecule has 0 aromatic heterocycles. The van der Waals surface area contributed by atoms with E-state index >= 15 is 0 Å². The molecule has 0 radical (unpaired) electrons. The van der Waals surface area contributed by atoms with Crippen LogP contribution in [0.2, 0.25) is 0 Å². The normalized spacial score (nSPS) is 17.2. The zero-order chi connectivity index (χ0) is 15.5. The number of hydrogen-bond donors (Lipinski definition) is 1. The van der Waals surface area contributed by atoms with Gasteiger partial charge in [0, 0.05) is 38.4 Å². The molecular weight excluding hydrogens is 286 g/mol. The van der Waals surface area contributed by atoms with Crippen molar-refractivity contribution in [3.63, 3.8) is 0 Å². The van der Waals surface area contributed by atoms with Gasteiger partial charge in [-0.3, -0.25) is 0 Å². The van der Waals surface area contributed by atoms with Gasteiger partial charge >= 0.3 is 0 Å². The number of sulfonamides is 1. The predicted molar refractivity (Wildman–Crippen MR) is 87.2 cm³/mol. The Hall–Kier alpha value is -1.11. The summed E-state index contributed by atoms with van der Waals surface area (Å²) in [7, 11) is -3.07. The van der Waals surface area contributed by atoms with Gasteiger partial charge in [0.1, 0.15) is 0 Å². The maximum atomic E-state index is 11.6. The second kappa shape index (κ2) is 6.77. The molecule has 2 rings (SSSR count). The van der Waals surface area contributed by atoms with Gasteiger partial charge in [-0.15, -0.1) is 0 Å². The quantitative estimate of drug-likeness (QED) is 0.887. The Morgan fingerprint density at radius 2 is 1.86 bits per heavy atom. The van der Waals surface area contributed by atoms with Gasteiger partial charge in [0.25, 0.3) is 0 Å². The molecule has 0 spiro atoms. The molecule has 1 aliphatic rings. The van der Waals surface area contributed by atoms with Crippen LogP contribution < -0.4 is 10.2 Å². The lowest BCUT2D eigenvalue weighted by Crippen LogP contribution is -2.48. The van der Waals surface area contributed by atoms with Gasteiger partial charge in [0.15, 0.2) is 0 Å². The first kappa shape index (κ1) is 16.3. The maximum Gasteiger partial charge on any atom is 0.211 e. The summed E-state index contributed by atoms with van der Waals surface area (Å²) < 4.78 is 24.7. The molecule has 1 aromatic rings. The van der Waals surface area contributed by atoms with Crippen molar-refractivity contribution in [2.45, 2.75) is 20.4 Å². The van der Waals surface area contributed by atoms with E-state index in [0.717, 1.165) is 26.2 Å². The summed E-state index contributed by atoms with van der Waals surface area (Å²) in [5, 5.41) is 3.37. The van der Waals surface area contributed by atoms with E-state index in [4.69, 9.17) is 0 Å². The lowest BCUT2D eigenvalue weighted by Gasteiger charge is -2.36. The molecule has 0 bridgehead atoms. The molecule has 21 heavy (non-hydrogen) atoms. The minimum absolute atomic E-state index is 0.563. The largest absolute Gasteiger partial charge is 0.369 e. The van der Waals surface area contributed by atoms with E-state index in [9.17, 15) is 8.42 Å². The molecule has 1 saturated heterocycles. The van der Waals surface area contributed by atoms with Crippen LogP contribution in [0.5, 0.6) is 0 Å². The summed E-state index contributed by atoms with van der Waals surface area (Å²) in [6, 6.07) is 6.48. The number of aryl methyl sites for hydroxylation is 1. The molecule has 5 nitrogen and oxygen atoms in total. The zero-order valence-electron chi connectivity index (χ0n) is 13.1. The van der Waals surface area contributed by atoms with Gasteiger partial charge in [0.2, 0.25) is 10.0 Å². The number of nitrogens with one attached hydrogen (secondary N) is 1. The molecule has 1 aromatic carbocycles. The lowest BCUT2D eigenvalue weighted by atomic mass is 10.1. The highest BCUT2D eigenvalue weighted by Gasteiger charge is 2.24. The molecule has 0 saturated carbocycles. The number of hydrogen-bond acceptors (Lipinski definition) is 4. The number of piperazine rings is 1. The Bertz CT molecular complexity index is 579. The Balaban J connectivity index is 2.12. The summed E-state index contributed by atoms with van der Waals surface area (Å²) in [4.78, 5) is 2.29. The van der Waals surface area contributed by atoms with Crippen molar-refractivity contribution < 1.29 is 8.42 Å². The molecule has 0 amide bonds. The van der Waals surface area contributed by atoms with Crippen LogP contribution in [-0.2, 0) is 16.6 Å². The van der Waals surface area contributed by atoms with Gasteiger partial charge in [-0.2, -0.15) is 4.31 Å². The van der Waals surface area contributed by atoms with E-state index in [0.29, 0.717) is 13.1 Å². The van der Waals surface area contributed by atoms with Gasteiger partial charge in [-0.05, 0) is 25.1 Å². The van der Waals surface area contributed by atoms with Crippen molar-refractivity contribution >= 4 is 15.7 Å². The lowest BCUT2D eigenvalue weighted by molar-refractivity contribution is 0.387. The van der Waals surface area contributed by atoms with E-state index in [2.05, 4.69) is 42.3 Å². The van der Waals surface area contributed by atoms with Crippen LogP contribution in [0, 0.1) is 6.92 Å². The van der Waals surface area contributed by atoms with E-state index in [-0.39, 0.29) is 0 Å². The first-order chi connectivity index (χ1) is 9.91. The molecule has 1 N–H and O–H groups in total. The van der Waals surface area contributed by atoms with Gasteiger partial charge in [-0.25, -0.2) is 8.42 Å². The topological polar surface area (TPSA) is 52.6 Å². The SMILES string of the molecule is CCNCc1cc(C)ccc1N1CCN(S(C)(=O)=O)CC1. The monoisotopic (exact) mass is 311 g/mol. The summed E-state index contributed by atoms with van der Waals surface area (Å²) in [5.41, 5.74) is 3.75. The second-order valence-electron chi connectivity index (χ2n) is 5.56. The summed E-state index contributed by atoms with van der Waals surface area (Å²) >= 11 is 0. The van der Waals surface area contributed by atoms with Crippen LogP contribution in [0.1, 0.15) is 18.1 Å². The summed E-state index contributed by atoms with van der Waals surface area (Å²) in [6.45, 7) is 8.60. The fourth-order valence-electron chi connectivity index (χ4n) is 2.68. The van der Waals surface area contributed by atoms with Gasteiger partial charge in [0.05, 0.1) is 6.26 Å². The molecule has 1 fully saturated rings. The summed E-state index contributed by atoms with van der Waals surface area (Å²) in [5.74, 6) is 0. The number of nitrogens with zero attached hydrogens (tertiary/aromatic N) is 2. The van der Waals surface area contributed by atoms with Gasteiger partial charge in [-0.1, -0.05) is 24.6 Å². The summed E-state index contributed by atoms with van der Waals surface area (Å²) in [6.07, 6.45) is 1.28. The minimum atomic E-state index is -3.07. The molecule has 6 heteroatoms. The molecule has 1 aliphatic heterocycles. The number of benzene rings is 1. The maximum absolute atomic E-state index is 11.6. The fourth-order valence-corrected chi connectivity index (χ4v) is 3.51. The third kappa shape index (κ3) is 4.18. The van der Waals surface area contributed by atoms with Crippen molar-refractivity contribution in [2.75, 3.05) is 43.9 Å². The highest BCUT2D eigenvalue weighted by Crippen LogP contribution is 2.23. The first-order valence-electron chi connectivity index (χ1n) is 7.42. The fraction of sp³-hybridized carbons (Fsp3) is 0.600. The zero-order valence-corrected chi connectivity index (χ0v) is 13.9. The molecular formula is C15H25N3O2S. The standard InChI is InChI=1S/C15H25N3O2S/c1-4-16-12-14-11-13(2)5-6-15(14)17-7-9-18(10-8-17)21(3,19)20/h5-6,11,16H,4,7-10,12H2,1-3H3. The van der Waals surface area contributed by atoms with E-state index in [1.165, 1.54) is 23.1 Å². The number of rotatable bonds is 5. The van der Waals surface area contributed by atoms with Crippen molar-refractivity contribution in [1.29, 1.82) is 0 Å². The van der Waals surface area contributed by atoms with Crippen LogP contribution in [0.4, 0.5) is 5.69 Å². The molecule has 1 heterocycles. The Labute approximate surface area is 128 Å². The van der Waals surface area contributed by atoms with Crippen molar-refractivity contribution in [2.24, 2.45) is 0 Å². The second-order valence-corrected chi connectivity index (χ2v) is 7.54. The Morgan fingerprint density at radius 3 is 2.43 bits per heavy atom. The molecule has 0 aliphatic carbocycles. The van der Waals surface area contributed by atoms with E-state index in [1.54, 1.807) is 4.31 Å². The molecule has 0 unspecified atom stereocenters. The van der Waals surface area contributed by atoms with Crippen LogP contribution in [0.3, 0.4) is 0 Å². The first-order valence-corrected chi connectivity index (χ1v) is 9.27. The van der Waals surface area contributed by atoms with Crippen LogP contribution in [0.25, 0.3) is 0 Å². The van der Waals surface area contributed by atoms with Gasteiger partial charge < -0.3 is 10.2 Å². The van der Waals surface area contributed by atoms with Crippen molar-refractivity contribution in [1.82, 2.24) is 9.62 Å². The van der Waals surface area contributed by atoms with Crippen LogP contribution >= 0.6 is 0 Å². The van der Waals surface area contributed by atoms with Crippen LogP contribution in [0.15, 0.2) is 18.2 Å². The average molecular weight is 311 g/mol. The Morgan fingerprint density at radius 1 is 1.19 bits per heavy atom. The third-order valence-corrected chi connectivity index (χ3v) is 5.15. The van der Waals surface area contributed by atoms with Crippen molar-refractivity contribution in [3.05, 3.63) is 29.3 Å². The smallest absolute Gasteiger partial charge is 0.211 e. The average Bonchev–Trinajstić information content (AvgIpc) is 2.44. The minimum Gasteiger partial charge on any atom is -0.369 e. The highest BCUT2D eigenvalue weighted by atomic mass is 32.2. The molecule has 118 valence electrons. The third-order valence-electron chi connectivity index (χ3n) is 3.85. The molecule has 0 atom stereocenters. The highest BCUT2D eigenvalue weighted by molar-refractivity contribution is 7.88.